The topological polar surface area (TPSA) is 116 Å². The fourth-order valence-electron chi connectivity index (χ4n) is 3.05. The number of rotatable bonds is 9. The van der Waals surface area contributed by atoms with Crippen LogP contribution in [-0.4, -0.2) is 33.4 Å². The maximum absolute atomic E-state index is 12.0. The van der Waals surface area contributed by atoms with Gasteiger partial charge in [-0.15, -0.1) is 0 Å². The summed E-state index contributed by atoms with van der Waals surface area (Å²) in [5.74, 6) is -0.884. The van der Waals surface area contributed by atoms with E-state index in [9.17, 15) is 18.0 Å². The number of benzene rings is 3. The van der Waals surface area contributed by atoms with Crippen LogP contribution >= 0.6 is 0 Å². The van der Waals surface area contributed by atoms with Gasteiger partial charge in [-0.05, 0) is 40.8 Å². The van der Waals surface area contributed by atoms with Crippen LogP contribution in [0, 0.1) is 0 Å². The summed E-state index contributed by atoms with van der Waals surface area (Å²) in [5.41, 5.74) is 3.80. The van der Waals surface area contributed by atoms with Crippen LogP contribution < -0.4 is 10.5 Å². The number of esters is 1. The molecular weight excluding hydrogens is 428 g/mol. The van der Waals surface area contributed by atoms with Crippen LogP contribution in [-0.2, 0) is 37.2 Å². The lowest BCUT2D eigenvalue weighted by atomic mass is 10.0. The van der Waals surface area contributed by atoms with Crippen molar-refractivity contribution < 1.29 is 22.7 Å². The van der Waals surface area contributed by atoms with Gasteiger partial charge in [0, 0.05) is 6.54 Å². The molecule has 0 saturated heterocycles. The zero-order valence-corrected chi connectivity index (χ0v) is 18.2. The summed E-state index contributed by atoms with van der Waals surface area (Å²) in [4.78, 5) is 23.9. The number of amides is 1. The monoisotopic (exact) mass is 452 g/mol. The van der Waals surface area contributed by atoms with Gasteiger partial charge in [-0.1, -0.05) is 66.7 Å². The fraction of sp³-hybridized carbons (Fsp3) is 0.167. The lowest BCUT2D eigenvalue weighted by Crippen LogP contribution is -2.30. The van der Waals surface area contributed by atoms with Crippen molar-refractivity contribution in [2.75, 3.05) is 13.2 Å². The maximum atomic E-state index is 12.0. The number of carbonyl (C=O) groups is 2. The Balaban J connectivity index is 1.38. The van der Waals surface area contributed by atoms with Crippen molar-refractivity contribution in [3.8, 4) is 11.1 Å². The van der Waals surface area contributed by atoms with E-state index in [0.29, 0.717) is 13.0 Å². The Morgan fingerprint density at radius 1 is 0.812 bits per heavy atom. The third kappa shape index (κ3) is 7.04. The van der Waals surface area contributed by atoms with E-state index >= 15 is 0 Å². The second-order valence-corrected chi connectivity index (χ2v) is 8.75. The quantitative estimate of drug-likeness (QED) is 0.484. The molecule has 0 fully saturated rings. The molecule has 1 amide bonds. The Bertz CT molecular complexity index is 1160. The number of nitrogens with one attached hydrogen (secondary N) is 1. The summed E-state index contributed by atoms with van der Waals surface area (Å²) in [6.45, 7) is -0.0304. The second-order valence-electron chi connectivity index (χ2n) is 7.19. The Labute approximate surface area is 187 Å². The van der Waals surface area contributed by atoms with Gasteiger partial charge in [-0.25, -0.2) is 13.6 Å². The highest BCUT2D eigenvalue weighted by Gasteiger charge is 2.10. The molecule has 3 aromatic rings. The van der Waals surface area contributed by atoms with E-state index < -0.39 is 21.9 Å². The van der Waals surface area contributed by atoms with Crippen molar-refractivity contribution in [2.24, 2.45) is 5.14 Å². The normalized spacial score (nSPS) is 11.0. The highest BCUT2D eigenvalue weighted by molar-refractivity contribution is 7.89. The number of primary sulfonamides is 1. The predicted molar refractivity (Wildman–Crippen MR) is 121 cm³/mol. The largest absolute Gasteiger partial charge is 0.455 e. The minimum Gasteiger partial charge on any atom is -0.455 e. The van der Waals surface area contributed by atoms with Crippen molar-refractivity contribution in [3.63, 3.8) is 0 Å². The summed E-state index contributed by atoms with van der Waals surface area (Å²) in [6, 6.07) is 23.6. The van der Waals surface area contributed by atoms with Gasteiger partial charge >= 0.3 is 5.97 Å². The molecule has 0 heterocycles. The first-order valence-corrected chi connectivity index (χ1v) is 11.5. The average molecular weight is 453 g/mol. The van der Waals surface area contributed by atoms with Crippen molar-refractivity contribution in [2.45, 2.75) is 17.7 Å². The van der Waals surface area contributed by atoms with Crippen LogP contribution in [0.1, 0.15) is 11.1 Å². The molecule has 3 aromatic carbocycles. The van der Waals surface area contributed by atoms with Gasteiger partial charge < -0.3 is 10.1 Å². The molecule has 0 bridgehead atoms. The molecule has 0 aliphatic rings. The van der Waals surface area contributed by atoms with Crippen LogP contribution in [0.4, 0.5) is 0 Å². The lowest BCUT2D eigenvalue weighted by Gasteiger charge is -2.08. The van der Waals surface area contributed by atoms with Gasteiger partial charge in [0.2, 0.25) is 10.0 Å². The first-order valence-electron chi connectivity index (χ1n) is 10.00. The molecule has 166 valence electrons. The van der Waals surface area contributed by atoms with Gasteiger partial charge in [0.1, 0.15) is 0 Å². The average Bonchev–Trinajstić information content (AvgIpc) is 2.78. The number of hydrogen-bond acceptors (Lipinski definition) is 5. The van der Waals surface area contributed by atoms with E-state index in [1.54, 1.807) is 12.1 Å². The third-order valence-electron chi connectivity index (χ3n) is 4.76. The van der Waals surface area contributed by atoms with Crippen LogP contribution in [0.5, 0.6) is 0 Å². The molecular formula is C24H24N2O5S. The lowest BCUT2D eigenvalue weighted by molar-refractivity contribution is -0.147. The smallest absolute Gasteiger partial charge is 0.310 e. The zero-order chi connectivity index (χ0) is 23.0. The molecule has 0 aromatic heterocycles. The first-order chi connectivity index (χ1) is 15.3. The van der Waals surface area contributed by atoms with Crippen LogP contribution in [0.15, 0.2) is 83.8 Å². The molecule has 0 unspecified atom stereocenters. The Morgan fingerprint density at radius 2 is 1.41 bits per heavy atom. The van der Waals surface area contributed by atoms with E-state index in [-0.39, 0.29) is 17.9 Å². The number of hydrogen-bond donors (Lipinski definition) is 2. The SMILES string of the molecule is NS(=O)(=O)c1ccc(CCNC(=O)COC(=O)Cc2ccc(-c3ccccc3)cc2)cc1. The predicted octanol–water partition coefficient (Wildman–Crippen LogP) is 2.45. The Morgan fingerprint density at radius 3 is 2.03 bits per heavy atom. The van der Waals surface area contributed by atoms with Gasteiger partial charge in [0.25, 0.3) is 5.91 Å². The van der Waals surface area contributed by atoms with E-state index in [1.807, 2.05) is 54.6 Å². The summed E-state index contributed by atoms with van der Waals surface area (Å²) >= 11 is 0. The van der Waals surface area contributed by atoms with Gasteiger partial charge in [0.15, 0.2) is 6.61 Å². The number of sulfonamides is 1. The van der Waals surface area contributed by atoms with Gasteiger partial charge in [-0.2, -0.15) is 0 Å². The molecule has 0 saturated carbocycles. The summed E-state index contributed by atoms with van der Waals surface area (Å²) in [6.07, 6.45) is 0.580. The summed E-state index contributed by atoms with van der Waals surface area (Å²) in [7, 11) is -3.72. The molecule has 7 nitrogen and oxygen atoms in total. The van der Waals surface area contributed by atoms with Gasteiger partial charge in [0.05, 0.1) is 11.3 Å². The molecule has 3 rings (SSSR count). The zero-order valence-electron chi connectivity index (χ0n) is 17.4. The third-order valence-corrected chi connectivity index (χ3v) is 5.69. The van der Waals surface area contributed by atoms with Crippen molar-refractivity contribution in [3.05, 3.63) is 90.0 Å². The van der Waals surface area contributed by atoms with Crippen molar-refractivity contribution >= 4 is 21.9 Å². The minimum atomic E-state index is -3.72. The minimum absolute atomic E-state index is 0.0342. The molecule has 0 aliphatic heterocycles. The Hall–Kier alpha value is -3.49. The molecule has 32 heavy (non-hydrogen) atoms. The highest BCUT2D eigenvalue weighted by atomic mass is 32.2. The molecule has 3 N–H and O–H groups in total. The van der Waals surface area contributed by atoms with Crippen LogP contribution in [0.2, 0.25) is 0 Å². The Kier molecular flexibility index (Phi) is 7.75. The van der Waals surface area contributed by atoms with E-state index in [1.165, 1.54) is 12.1 Å². The van der Waals surface area contributed by atoms with E-state index in [2.05, 4.69) is 5.32 Å². The van der Waals surface area contributed by atoms with E-state index in [4.69, 9.17) is 9.88 Å². The highest BCUT2D eigenvalue weighted by Crippen LogP contribution is 2.19. The van der Waals surface area contributed by atoms with Crippen molar-refractivity contribution in [1.29, 1.82) is 0 Å². The van der Waals surface area contributed by atoms with Crippen molar-refractivity contribution in [1.82, 2.24) is 5.32 Å². The summed E-state index contributed by atoms with van der Waals surface area (Å²) < 4.78 is 27.5. The number of carbonyl (C=O) groups excluding carboxylic acids is 2. The molecule has 0 spiro atoms. The molecule has 0 radical (unpaired) electrons. The van der Waals surface area contributed by atoms with Crippen LogP contribution in [0.3, 0.4) is 0 Å². The molecule has 8 heteroatoms. The first kappa shape index (κ1) is 23.2. The maximum Gasteiger partial charge on any atom is 0.310 e. The van der Waals surface area contributed by atoms with Crippen LogP contribution in [0.25, 0.3) is 11.1 Å². The number of nitrogens with two attached hydrogens (primary N) is 1. The molecule has 0 atom stereocenters. The van der Waals surface area contributed by atoms with E-state index in [0.717, 1.165) is 22.3 Å². The van der Waals surface area contributed by atoms with Gasteiger partial charge in [-0.3, -0.25) is 9.59 Å². The fourth-order valence-corrected chi connectivity index (χ4v) is 3.57. The second kappa shape index (κ2) is 10.7. The number of ether oxygens (including phenoxy) is 1. The summed E-state index contributed by atoms with van der Waals surface area (Å²) in [5, 5.41) is 7.72. The standard InChI is InChI=1S/C24H24N2O5S/c25-32(29,30)22-12-8-18(9-13-22)14-15-26-23(27)17-31-24(28)16-19-6-10-21(11-7-19)20-4-2-1-3-5-20/h1-13H,14-17H2,(H,26,27)(H2,25,29,30). The molecule has 0 aliphatic carbocycles.